The van der Waals surface area contributed by atoms with Crippen LogP contribution in [0.1, 0.15) is 48.3 Å². The highest BCUT2D eigenvalue weighted by Crippen LogP contribution is 2.26. The number of ether oxygens (including phenoxy) is 1. The second-order valence-corrected chi connectivity index (χ2v) is 11.3. The van der Waals surface area contributed by atoms with Crippen LogP contribution in [0.3, 0.4) is 0 Å². The van der Waals surface area contributed by atoms with Crippen molar-refractivity contribution in [3.05, 3.63) is 47.2 Å². The molecule has 1 aromatic heterocycles. The minimum Gasteiger partial charge on any atom is -0.447 e. The van der Waals surface area contributed by atoms with E-state index in [1.54, 1.807) is 0 Å². The van der Waals surface area contributed by atoms with Gasteiger partial charge < -0.3 is 24.1 Å². The number of aryl methyl sites for hydroxylation is 2. The van der Waals surface area contributed by atoms with Gasteiger partial charge in [-0.05, 0) is 45.7 Å². The molecule has 0 saturated carbocycles. The van der Waals surface area contributed by atoms with Crippen LogP contribution in [-0.2, 0) is 11.3 Å². The molecule has 2 aliphatic rings. The summed E-state index contributed by atoms with van der Waals surface area (Å²) in [5, 5.41) is 10.3. The Hall–Kier alpha value is -2.46. The molecule has 37 heavy (non-hydrogen) atoms. The van der Waals surface area contributed by atoms with Crippen LogP contribution in [0.25, 0.3) is 0 Å². The Morgan fingerprint density at radius 3 is 2.27 bits per heavy atom. The van der Waals surface area contributed by atoms with Crippen LogP contribution in [-0.4, -0.2) is 108 Å². The molecule has 204 valence electrons. The van der Waals surface area contributed by atoms with Gasteiger partial charge in [-0.2, -0.15) is 0 Å². The fraction of sp³-hybridized carbons (Fsp3) is 0.643. The number of aliphatic hydroxyl groups is 1. The van der Waals surface area contributed by atoms with Crippen LogP contribution in [0.15, 0.2) is 28.9 Å². The number of rotatable bonds is 8. The van der Waals surface area contributed by atoms with Crippen molar-refractivity contribution in [3.8, 4) is 0 Å². The van der Waals surface area contributed by atoms with Crippen molar-refractivity contribution >= 4 is 11.6 Å². The molecule has 4 rings (SSSR count). The second-order valence-electron chi connectivity index (χ2n) is 11.3. The average Bonchev–Trinajstić information content (AvgIpc) is 3.32. The average molecular weight is 514 g/mol. The van der Waals surface area contributed by atoms with E-state index in [4.69, 9.17) is 9.15 Å². The summed E-state index contributed by atoms with van der Waals surface area (Å²) < 4.78 is 11.4. The third-order valence-electron chi connectivity index (χ3n) is 7.09. The number of aliphatic hydroxyl groups excluding tert-OH is 1. The number of piperazine rings is 2. The third-order valence-corrected chi connectivity index (χ3v) is 7.09. The molecule has 0 spiro atoms. The Kier molecular flexibility index (Phi) is 8.90. The maximum Gasteiger partial charge on any atom is 0.275 e. The van der Waals surface area contributed by atoms with Gasteiger partial charge in [-0.3, -0.25) is 14.6 Å². The number of oxazole rings is 1. The van der Waals surface area contributed by atoms with Gasteiger partial charge in [0.15, 0.2) is 5.69 Å². The molecule has 1 amide bonds. The van der Waals surface area contributed by atoms with E-state index in [2.05, 4.69) is 51.7 Å². The first-order valence-corrected chi connectivity index (χ1v) is 13.4. The molecule has 9 nitrogen and oxygen atoms in total. The van der Waals surface area contributed by atoms with Crippen molar-refractivity contribution < 1.29 is 19.1 Å². The van der Waals surface area contributed by atoms with Gasteiger partial charge in [0.25, 0.3) is 5.91 Å². The number of hydrogen-bond acceptors (Lipinski definition) is 8. The van der Waals surface area contributed by atoms with E-state index in [1.807, 2.05) is 25.7 Å². The topological polar surface area (TPSA) is 85.5 Å². The van der Waals surface area contributed by atoms with Crippen LogP contribution in [0.2, 0.25) is 0 Å². The number of hydrogen-bond donors (Lipinski definition) is 1. The number of aromatic nitrogens is 1. The molecule has 2 aromatic rings. The summed E-state index contributed by atoms with van der Waals surface area (Å²) in [6.45, 7) is 18.2. The lowest BCUT2D eigenvalue weighted by Crippen LogP contribution is -2.49. The first-order valence-electron chi connectivity index (χ1n) is 13.4. The summed E-state index contributed by atoms with van der Waals surface area (Å²) >= 11 is 0. The number of β-amino-alcohol motifs (C(OH)–C–C–N with tert-alkyl or cyclic N) is 1. The molecule has 1 N–H and O–H groups in total. The van der Waals surface area contributed by atoms with Crippen molar-refractivity contribution in [2.75, 3.05) is 70.4 Å². The zero-order valence-electron chi connectivity index (χ0n) is 23.1. The SMILES string of the molecule is Cc1cccc(C)c1N1CCN(C(=O)c2coc(CN3CCN(CC(O)COC(C)(C)C)CC3)n2)CC1. The Bertz CT molecular complexity index is 1010. The van der Waals surface area contributed by atoms with Crippen molar-refractivity contribution in [2.24, 2.45) is 0 Å². The molecule has 1 atom stereocenters. The Morgan fingerprint density at radius 2 is 1.65 bits per heavy atom. The van der Waals surface area contributed by atoms with Crippen LogP contribution < -0.4 is 4.90 Å². The van der Waals surface area contributed by atoms with Gasteiger partial charge in [0.05, 0.1) is 24.9 Å². The number of benzene rings is 1. The third kappa shape index (κ3) is 7.54. The zero-order valence-corrected chi connectivity index (χ0v) is 23.1. The van der Waals surface area contributed by atoms with Gasteiger partial charge in [0, 0.05) is 64.6 Å². The van der Waals surface area contributed by atoms with E-state index in [1.165, 1.54) is 23.1 Å². The summed E-state index contributed by atoms with van der Waals surface area (Å²) in [6, 6.07) is 6.37. The predicted molar refractivity (Wildman–Crippen MR) is 144 cm³/mol. The van der Waals surface area contributed by atoms with E-state index in [0.717, 1.165) is 39.3 Å². The van der Waals surface area contributed by atoms with Crippen LogP contribution in [0, 0.1) is 13.8 Å². The highest BCUT2D eigenvalue weighted by Gasteiger charge is 2.27. The van der Waals surface area contributed by atoms with Crippen molar-refractivity contribution in [1.82, 2.24) is 19.7 Å². The molecule has 2 aliphatic heterocycles. The first kappa shape index (κ1) is 27.6. The van der Waals surface area contributed by atoms with E-state index in [-0.39, 0.29) is 11.5 Å². The van der Waals surface area contributed by atoms with Gasteiger partial charge in [-0.1, -0.05) is 18.2 Å². The maximum absolute atomic E-state index is 13.1. The molecule has 1 unspecified atom stereocenters. The molecule has 3 heterocycles. The zero-order chi connectivity index (χ0) is 26.6. The second kappa shape index (κ2) is 11.9. The van der Waals surface area contributed by atoms with Crippen LogP contribution in [0.5, 0.6) is 0 Å². The molecule has 1 aromatic carbocycles. The maximum atomic E-state index is 13.1. The summed E-state index contributed by atoms with van der Waals surface area (Å²) in [5.41, 5.74) is 3.97. The summed E-state index contributed by atoms with van der Waals surface area (Å²) in [7, 11) is 0. The van der Waals surface area contributed by atoms with Crippen molar-refractivity contribution in [2.45, 2.75) is 52.9 Å². The number of carbonyl (C=O) groups is 1. The minimum atomic E-state index is -0.492. The summed E-state index contributed by atoms with van der Waals surface area (Å²) in [4.78, 5) is 26.4. The Morgan fingerprint density at radius 1 is 1.03 bits per heavy atom. The van der Waals surface area contributed by atoms with Gasteiger partial charge in [0.2, 0.25) is 5.89 Å². The molecule has 0 bridgehead atoms. The number of carbonyl (C=O) groups excluding carboxylic acids is 1. The molecular weight excluding hydrogens is 470 g/mol. The monoisotopic (exact) mass is 513 g/mol. The van der Waals surface area contributed by atoms with E-state index in [0.29, 0.717) is 44.4 Å². The van der Waals surface area contributed by atoms with E-state index in [9.17, 15) is 9.90 Å². The number of amides is 1. The summed E-state index contributed by atoms with van der Waals surface area (Å²) in [5.74, 6) is 0.511. The van der Waals surface area contributed by atoms with Crippen LogP contribution in [0.4, 0.5) is 5.69 Å². The number of para-hydroxylation sites is 1. The molecule has 2 fully saturated rings. The quantitative estimate of drug-likeness (QED) is 0.577. The molecular formula is C28H43N5O4. The first-order chi connectivity index (χ1) is 17.6. The Balaban J connectivity index is 1.21. The van der Waals surface area contributed by atoms with Gasteiger partial charge in [-0.15, -0.1) is 0 Å². The van der Waals surface area contributed by atoms with Gasteiger partial charge in [-0.25, -0.2) is 4.98 Å². The summed E-state index contributed by atoms with van der Waals surface area (Å²) in [6.07, 6.45) is 1.01. The highest BCUT2D eigenvalue weighted by atomic mass is 16.5. The van der Waals surface area contributed by atoms with Gasteiger partial charge in [0.1, 0.15) is 6.26 Å². The van der Waals surface area contributed by atoms with E-state index >= 15 is 0 Å². The van der Waals surface area contributed by atoms with Crippen LogP contribution >= 0.6 is 0 Å². The number of nitrogens with zero attached hydrogens (tertiary/aromatic N) is 5. The number of anilines is 1. The molecule has 9 heteroatoms. The van der Waals surface area contributed by atoms with Crippen molar-refractivity contribution in [3.63, 3.8) is 0 Å². The predicted octanol–water partition coefficient (Wildman–Crippen LogP) is 2.55. The Labute approximate surface area is 221 Å². The smallest absolute Gasteiger partial charge is 0.275 e. The standard InChI is InChI=1S/C28H43N5O4/c1-21-7-6-8-22(2)26(21)32-13-15-33(16-14-32)27(35)24-20-36-25(29-24)18-31-11-9-30(10-12-31)17-23(34)19-37-28(3,4)5/h6-8,20,23,34H,9-19H2,1-5H3. The molecule has 0 aliphatic carbocycles. The fourth-order valence-corrected chi connectivity index (χ4v) is 5.10. The molecule has 0 radical (unpaired) electrons. The van der Waals surface area contributed by atoms with Crippen molar-refractivity contribution in [1.29, 1.82) is 0 Å². The minimum absolute atomic E-state index is 0.0626. The highest BCUT2D eigenvalue weighted by molar-refractivity contribution is 5.92. The largest absolute Gasteiger partial charge is 0.447 e. The normalized spacial score (nSPS) is 18.9. The molecule has 2 saturated heterocycles. The lowest BCUT2D eigenvalue weighted by atomic mass is 10.1. The van der Waals surface area contributed by atoms with Gasteiger partial charge >= 0.3 is 0 Å². The van der Waals surface area contributed by atoms with E-state index < -0.39 is 6.10 Å². The fourth-order valence-electron chi connectivity index (χ4n) is 5.10. The lowest BCUT2D eigenvalue weighted by Gasteiger charge is -2.37. The lowest BCUT2D eigenvalue weighted by molar-refractivity contribution is -0.0588.